The molecule has 2 N–H and O–H groups in total. The zero-order chi connectivity index (χ0) is 13.9. The number of primary amides is 1. The highest BCUT2D eigenvalue weighted by Gasteiger charge is 2.19. The SMILES string of the molecule is NC(=O)c1ccc2ccccc2[n+]1Cc1ccccc1. The van der Waals surface area contributed by atoms with Gasteiger partial charge in [-0.25, -0.2) is 0 Å². The summed E-state index contributed by atoms with van der Waals surface area (Å²) in [5.41, 5.74) is 8.16. The number of carbonyl (C=O) groups excluding carboxylic acids is 1. The van der Waals surface area contributed by atoms with Gasteiger partial charge in [0.05, 0.1) is 0 Å². The molecule has 2 aromatic carbocycles. The Bertz CT molecular complexity index is 766. The van der Waals surface area contributed by atoms with Gasteiger partial charge in [-0.15, -0.1) is 0 Å². The van der Waals surface area contributed by atoms with Crippen LogP contribution < -0.4 is 10.3 Å². The number of pyridine rings is 1. The zero-order valence-corrected chi connectivity index (χ0v) is 11.0. The van der Waals surface area contributed by atoms with Crippen LogP contribution in [-0.2, 0) is 6.54 Å². The molecule has 20 heavy (non-hydrogen) atoms. The minimum atomic E-state index is -0.410. The summed E-state index contributed by atoms with van der Waals surface area (Å²) >= 11 is 0. The van der Waals surface area contributed by atoms with Crippen molar-refractivity contribution in [1.29, 1.82) is 0 Å². The second kappa shape index (κ2) is 5.13. The van der Waals surface area contributed by atoms with Crippen LogP contribution in [0.2, 0.25) is 0 Å². The molecule has 3 rings (SSSR count). The molecule has 3 nitrogen and oxygen atoms in total. The van der Waals surface area contributed by atoms with E-state index in [1.165, 1.54) is 0 Å². The van der Waals surface area contributed by atoms with E-state index in [4.69, 9.17) is 5.73 Å². The zero-order valence-electron chi connectivity index (χ0n) is 11.0. The molecule has 1 heterocycles. The Balaban J connectivity index is 2.20. The largest absolute Gasteiger partial charge is 0.360 e. The van der Waals surface area contributed by atoms with Crippen LogP contribution in [0.15, 0.2) is 66.7 Å². The van der Waals surface area contributed by atoms with Gasteiger partial charge >= 0.3 is 5.91 Å². The third-order valence-electron chi connectivity index (χ3n) is 3.38. The highest BCUT2D eigenvalue weighted by molar-refractivity contribution is 5.91. The van der Waals surface area contributed by atoms with Gasteiger partial charge in [0.15, 0.2) is 6.54 Å². The van der Waals surface area contributed by atoms with E-state index >= 15 is 0 Å². The molecule has 0 aliphatic rings. The Morgan fingerprint density at radius 3 is 2.35 bits per heavy atom. The van der Waals surface area contributed by atoms with Crippen LogP contribution in [-0.4, -0.2) is 5.91 Å². The quantitative estimate of drug-likeness (QED) is 0.724. The van der Waals surface area contributed by atoms with Crippen molar-refractivity contribution in [1.82, 2.24) is 0 Å². The number of carbonyl (C=O) groups is 1. The van der Waals surface area contributed by atoms with Crippen LogP contribution in [0.4, 0.5) is 0 Å². The number of amides is 1. The predicted molar refractivity (Wildman–Crippen MR) is 78.2 cm³/mol. The van der Waals surface area contributed by atoms with Gasteiger partial charge in [-0.2, -0.15) is 4.57 Å². The molecule has 0 saturated heterocycles. The highest BCUT2D eigenvalue weighted by atomic mass is 16.1. The molecule has 0 fully saturated rings. The molecule has 98 valence electrons. The summed E-state index contributed by atoms with van der Waals surface area (Å²) in [5, 5.41) is 1.09. The first-order valence-electron chi connectivity index (χ1n) is 6.51. The fraction of sp³-hybridized carbons (Fsp3) is 0.0588. The molecule has 0 atom stereocenters. The van der Waals surface area contributed by atoms with Crippen molar-refractivity contribution in [3.63, 3.8) is 0 Å². The number of nitrogens with zero attached hydrogens (tertiary/aromatic N) is 1. The van der Waals surface area contributed by atoms with Crippen LogP contribution in [0.5, 0.6) is 0 Å². The lowest BCUT2D eigenvalue weighted by atomic mass is 10.1. The van der Waals surface area contributed by atoms with E-state index in [0.717, 1.165) is 16.5 Å². The van der Waals surface area contributed by atoms with E-state index in [2.05, 4.69) is 0 Å². The molecule has 3 heteroatoms. The lowest BCUT2D eigenvalue weighted by molar-refractivity contribution is -0.664. The predicted octanol–water partition coefficient (Wildman–Crippen LogP) is 2.27. The average Bonchev–Trinajstić information content (AvgIpc) is 2.48. The second-order valence-electron chi connectivity index (χ2n) is 4.71. The first kappa shape index (κ1) is 12.4. The lowest BCUT2D eigenvalue weighted by Gasteiger charge is -2.05. The van der Waals surface area contributed by atoms with Crippen molar-refractivity contribution in [2.45, 2.75) is 6.54 Å². The maximum absolute atomic E-state index is 11.7. The summed E-state index contributed by atoms with van der Waals surface area (Å²) < 4.78 is 1.97. The van der Waals surface area contributed by atoms with Crippen LogP contribution >= 0.6 is 0 Å². The topological polar surface area (TPSA) is 47.0 Å². The molecular weight excluding hydrogens is 248 g/mol. The van der Waals surface area contributed by atoms with E-state index in [0.29, 0.717) is 12.2 Å². The first-order chi connectivity index (χ1) is 9.75. The van der Waals surface area contributed by atoms with Crippen molar-refractivity contribution < 1.29 is 9.36 Å². The fourth-order valence-corrected chi connectivity index (χ4v) is 2.41. The van der Waals surface area contributed by atoms with Gasteiger partial charge in [-0.3, -0.25) is 4.79 Å². The van der Waals surface area contributed by atoms with Crippen molar-refractivity contribution >= 4 is 16.8 Å². The Kier molecular flexibility index (Phi) is 3.17. The molecule has 1 amide bonds. The smallest absolute Gasteiger partial charge is 0.313 e. The van der Waals surface area contributed by atoms with Gasteiger partial charge in [-0.1, -0.05) is 42.5 Å². The number of hydrogen-bond acceptors (Lipinski definition) is 1. The van der Waals surface area contributed by atoms with Crippen LogP contribution in [0, 0.1) is 0 Å². The average molecular weight is 263 g/mol. The van der Waals surface area contributed by atoms with E-state index in [1.807, 2.05) is 65.2 Å². The molecule has 0 aliphatic heterocycles. The van der Waals surface area contributed by atoms with Gasteiger partial charge in [0, 0.05) is 23.1 Å². The van der Waals surface area contributed by atoms with Crippen LogP contribution in [0.25, 0.3) is 10.9 Å². The Morgan fingerprint density at radius 1 is 0.900 bits per heavy atom. The van der Waals surface area contributed by atoms with Crippen molar-refractivity contribution in [2.24, 2.45) is 5.73 Å². The molecule has 0 bridgehead atoms. The summed E-state index contributed by atoms with van der Waals surface area (Å²) in [6.45, 7) is 0.625. The summed E-state index contributed by atoms with van der Waals surface area (Å²) in [5.74, 6) is -0.410. The minimum absolute atomic E-state index is 0.410. The van der Waals surface area contributed by atoms with Crippen molar-refractivity contribution in [3.05, 3.63) is 78.0 Å². The Labute approximate surface area is 117 Å². The van der Waals surface area contributed by atoms with Gasteiger partial charge in [-0.05, 0) is 12.1 Å². The Morgan fingerprint density at radius 2 is 1.60 bits per heavy atom. The van der Waals surface area contributed by atoms with Gasteiger partial charge in [0.25, 0.3) is 5.69 Å². The molecule has 0 spiro atoms. The third kappa shape index (κ3) is 2.26. The van der Waals surface area contributed by atoms with Gasteiger partial charge in [0.1, 0.15) is 0 Å². The summed E-state index contributed by atoms with van der Waals surface area (Å²) in [4.78, 5) is 11.7. The maximum Gasteiger partial charge on any atom is 0.313 e. The summed E-state index contributed by atoms with van der Waals surface area (Å²) in [7, 11) is 0. The fourth-order valence-electron chi connectivity index (χ4n) is 2.41. The number of para-hydroxylation sites is 1. The third-order valence-corrected chi connectivity index (χ3v) is 3.38. The molecule has 0 saturated carbocycles. The minimum Gasteiger partial charge on any atom is -0.360 e. The number of hydrogen-bond donors (Lipinski definition) is 1. The number of rotatable bonds is 3. The monoisotopic (exact) mass is 263 g/mol. The molecule has 0 radical (unpaired) electrons. The Hall–Kier alpha value is -2.68. The summed E-state index contributed by atoms with van der Waals surface area (Å²) in [6.07, 6.45) is 0. The van der Waals surface area contributed by atoms with E-state index < -0.39 is 5.91 Å². The lowest BCUT2D eigenvalue weighted by Crippen LogP contribution is -2.43. The van der Waals surface area contributed by atoms with Gasteiger partial charge < -0.3 is 5.73 Å². The molecular formula is C17H15N2O+. The highest BCUT2D eigenvalue weighted by Crippen LogP contribution is 2.11. The standard InChI is InChI=1S/C17H14N2O/c18-17(20)16-11-10-14-8-4-5-9-15(14)19(16)12-13-6-2-1-3-7-13/h1-11H,12H2,(H-,18,20)/p+1. The first-order valence-corrected chi connectivity index (χ1v) is 6.51. The number of nitrogens with two attached hydrogens (primary N) is 1. The maximum atomic E-state index is 11.7. The van der Waals surface area contributed by atoms with Gasteiger partial charge in [0.2, 0.25) is 5.52 Å². The second-order valence-corrected chi connectivity index (χ2v) is 4.71. The number of fused-ring (bicyclic) bond motifs is 1. The van der Waals surface area contributed by atoms with Crippen molar-refractivity contribution in [2.75, 3.05) is 0 Å². The number of benzene rings is 2. The van der Waals surface area contributed by atoms with Crippen molar-refractivity contribution in [3.8, 4) is 0 Å². The summed E-state index contributed by atoms with van der Waals surface area (Å²) in [6, 6.07) is 21.7. The van der Waals surface area contributed by atoms with E-state index in [1.54, 1.807) is 6.07 Å². The van der Waals surface area contributed by atoms with Crippen LogP contribution in [0.1, 0.15) is 16.1 Å². The molecule has 3 aromatic rings. The normalized spacial score (nSPS) is 10.6. The molecule has 1 aromatic heterocycles. The van der Waals surface area contributed by atoms with E-state index in [9.17, 15) is 4.79 Å². The molecule has 0 unspecified atom stereocenters. The number of aromatic nitrogens is 1. The molecule has 0 aliphatic carbocycles. The van der Waals surface area contributed by atoms with E-state index in [-0.39, 0.29) is 0 Å². The van der Waals surface area contributed by atoms with Crippen LogP contribution in [0.3, 0.4) is 0 Å².